The number of nitrogen functional groups attached to an aromatic ring is 1. The third-order valence-electron chi connectivity index (χ3n) is 1.56. The molecule has 0 fully saturated rings. The van der Waals surface area contributed by atoms with E-state index in [0.717, 1.165) is 0 Å². The van der Waals surface area contributed by atoms with Gasteiger partial charge in [0.2, 0.25) is 5.91 Å². The second kappa shape index (κ2) is 4.61. The molecule has 1 amide bonds. The van der Waals surface area contributed by atoms with E-state index in [9.17, 15) is 4.79 Å². The van der Waals surface area contributed by atoms with E-state index in [4.69, 9.17) is 10.8 Å². The molecule has 14 heavy (non-hydrogen) atoms. The molecule has 0 aliphatic rings. The van der Waals surface area contributed by atoms with Crippen LogP contribution in [-0.2, 0) is 11.3 Å². The summed E-state index contributed by atoms with van der Waals surface area (Å²) >= 11 is 0. The SMILES string of the molecule is C[C@H](O)CNC(=O)Cn1ccc(N)n1. The molecule has 6 heteroatoms. The number of hydrogen-bond acceptors (Lipinski definition) is 4. The van der Waals surface area contributed by atoms with E-state index in [-0.39, 0.29) is 19.0 Å². The van der Waals surface area contributed by atoms with E-state index in [1.54, 1.807) is 19.2 Å². The second-order valence-corrected chi connectivity index (χ2v) is 3.09. The zero-order chi connectivity index (χ0) is 10.6. The van der Waals surface area contributed by atoms with Crippen molar-refractivity contribution < 1.29 is 9.90 Å². The average molecular weight is 198 g/mol. The lowest BCUT2D eigenvalue weighted by Crippen LogP contribution is -2.33. The van der Waals surface area contributed by atoms with Gasteiger partial charge in [-0.25, -0.2) is 0 Å². The van der Waals surface area contributed by atoms with Crippen LogP contribution >= 0.6 is 0 Å². The molecule has 0 saturated carbocycles. The van der Waals surface area contributed by atoms with Gasteiger partial charge < -0.3 is 16.2 Å². The smallest absolute Gasteiger partial charge is 0.241 e. The Kier molecular flexibility index (Phi) is 3.47. The van der Waals surface area contributed by atoms with E-state index in [2.05, 4.69) is 10.4 Å². The molecule has 1 atom stereocenters. The van der Waals surface area contributed by atoms with Crippen molar-refractivity contribution in [1.82, 2.24) is 15.1 Å². The number of aromatic nitrogens is 2. The molecule has 0 aromatic carbocycles. The van der Waals surface area contributed by atoms with Gasteiger partial charge in [0.25, 0.3) is 0 Å². The lowest BCUT2D eigenvalue weighted by atomic mass is 10.4. The minimum absolute atomic E-state index is 0.115. The number of anilines is 1. The fourth-order valence-electron chi connectivity index (χ4n) is 0.930. The van der Waals surface area contributed by atoms with Crippen LogP contribution in [0.5, 0.6) is 0 Å². The van der Waals surface area contributed by atoms with Crippen molar-refractivity contribution in [3.8, 4) is 0 Å². The average Bonchev–Trinajstić information content (AvgIpc) is 2.48. The summed E-state index contributed by atoms with van der Waals surface area (Å²) in [6.07, 6.45) is 1.08. The van der Waals surface area contributed by atoms with Gasteiger partial charge in [-0.05, 0) is 13.0 Å². The number of carbonyl (C=O) groups excluding carboxylic acids is 1. The molecule has 0 saturated heterocycles. The minimum Gasteiger partial charge on any atom is -0.392 e. The van der Waals surface area contributed by atoms with E-state index >= 15 is 0 Å². The Morgan fingerprint density at radius 1 is 1.86 bits per heavy atom. The van der Waals surface area contributed by atoms with E-state index in [0.29, 0.717) is 5.82 Å². The summed E-state index contributed by atoms with van der Waals surface area (Å²) in [5.74, 6) is 0.183. The van der Waals surface area contributed by atoms with Crippen LogP contribution in [0.4, 0.5) is 5.82 Å². The first kappa shape index (κ1) is 10.5. The van der Waals surface area contributed by atoms with Crippen LogP contribution in [0.1, 0.15) is 6.92 Å². The van der Waals surface area contributed by atoms with Gasteiger partial charge in [0.15, 0.2) is 0 Å². The predicted molar refractivity (Wildman–Crippen MR) is 51.3 cm³/mol. The van der Waals surface area contributed by atoms with Crippen LogP contribution in [0.3, 0.4) is 0 Å². The summed E-state index contributed by atoms with van der Waals surface area (Å²) in [5.41, 5.74) is 5.37. The Bertz CT molecular complexity index is 308. The van der Waals surface area contributed by atoms with E-state index < -0.39 is 6.10 Å². The number of aliphatic hydroxyl groups is 1. The summed E-state index contributed by atoms with van der Waals surface area (Å²) in [7, 11) is 0. The van der Waals surface area contributed by atoms with Gasteiger partial charge in [-0.1, -0.05) is 0 Å². The first-order chi connectivity index (χ1) is 6.58. The van der Waals surface area contributed by atoms with Crippen molar-refractivity contribution in [2.75, 3.05) is 12.3 Å². The Morgan fingerprint density at radius 3 is 3.07 bits per heavy atom. The second-order valence-electron chi connectivity index (χ2n) is 3.09. The number of carbonyl (C=O) groups is 1. The van der Waals surface area contributed by atoms with Crippen LogP contribution in [0.25, 0.3) is 0 Å². The summed E-state index contributed by atoms with van der Waals surface area (Å²) in [4.78, 5) is 11.2. The summed E-state index contributed by atoms with van der Waals surface area (Å²) in [5, 5.41) is 15.3. The molecule has 1 rings (SSSR count). The third-order valence-corrected chi connectivity index (χ3v) is 1.56. The molecule has 1 aromatic rings. The number of aliphatic hydroxyl groups excluding tert-OH is 1. The molecule has 6 nitrogen and oxygen atoms in total. The van der Waals surface area contributed by atoms with Gasteiger partial charge in [0.05, 0.1) is 6.10 Å². The molecule has 0 aliphatic heterocycles. The topological polar surface area (TPSA) is 93.2 Å². The molecule has 0 bridgehead atoms. The zero-order valence-electron chi connectivity index (χ0n) is 7.97. The van der Waals surface area contributed by atoms with Crippen molar-refractivity contribution >= 4 is 11.7 Å². The van der Waals surface area contributed by atoms with Crippen LogP contribution < -0.4 is 11.1 Å². The van der Waals surface area contributed by atoms with Gasteiger partial charge in [-0.15, -0.1) is 0 Å². The normalized spacial score (nSPS) is 12.4. The molecule has 1 heterocycles. The number of nitrogens with two attached hydrogens (primary N) is 1. The van der Waals surface area contributed by atoms with Gasteiger partial charge in [0.1, 0.15) is 12.4 Å². The van der Waals surface area contributed by atoms with E-state index in [1.807, 2.05) is 0 Å². The van der Waals surface area contributed by atoms with Crippen LogP contribution in [-0.4, -0.2) is 33.4 Å². The third kappa shape index (κ3) is 3.44. The maximum absolute atomic E-state index is 11.2. The van der Waals surface area contributed by atoms with Crippen molar-refractivity contribution in [3.63, 3.8) is 0 Å². The molecule has 0 aliphatic carbocycles. The number of amides is 1. The maximum Gasteiger partial charge on any atom is 0.241 e. The van der Waals surface area contributed by atoms with Gasteiger partial charge in [-0.2, -0.15) is 5.10 Å². The Hall–Kier alpha value is -1.56. The van der Waals surface area contributed by atoms with Crippen LogP contribution in [0, 0.1) is 0 Å². The summed E-state index contributed by atoms with van der Waals surface area (Å²) < 4.78 is 1.44. The molecule has 0 unspecified atom stereocenters. The summed E-state index contributed by atoms with van der Waals surface area (Å²) in [6.45, 7) is 1.96. The van der Waals surface area contributed by atoms with Crippen molar-refractivity contribution in [2.45, 2.75) is 19.6 Å². The number of hydrogen-bond donors (Lipinski definition) is 3. The minimum atomic E-state index is -0.540. The molecular weight excluding hydrogens is 184 g/mol. The first-order valence-corrected chi connectivity index (χ1v) is 4.31. The molecule has 0 radical (unpaired) electrons. The number of nitrogens with one attached hydrogen (secondary N) is 1. The molecule has 0 spiro atoms. The first-order valence-electron chi connectivity index (χ1n) is 4.31. The number of rotatable bonds is 4. The van der Waals surface area contributed by atoms with Gasteiger partial charge in [-0.3, -0.25) is 9.48 Å². The van der Waals surface area contributed by atoms with Crippen LogP contribution in [0.15, 0.2) is 12.3 Å². The Morgan fingerprint density at radius 2 is 2.57 bits per heavy atom. The predicted octanol–water partition coefficient (Wildman–Crippen LogP) is -1.04. The fraction of sp³-hybridized carbons (Fsp3) is 0.500. The highest BCUT2D eigenvalue weighted by Gasteiger charge is 2.04. The molecule has 1 aromatic heterocycles. The summed E-state index contributed by atoms with van der Waals surface area (Å²) in [6, 6.07) is 1.61. The molecule has 4 N–H and O–H groups in total. The molecule has 78 valence electrons. The highest BCUT2D eigenvalue weighted by molar-refractivity contribution is 5.75. The maximum atomic E-state index is 11.2. The quantitative estimate of drug-likeness (QED) is 0.576. The lowest BCUT2D eigenvalue weighted by Gasteiger charge is -2.06. The van der Waals surface area contributed by atoms with Gasteiger partial charge in [0, 0.05) is 12.7 Å². The van der Waals surface area contributed by atoms with Crippen molar-refractivity contribution in [3.05, 3.63) is 12.3 Å². The van der Waals surface area contributed by atoms with Gasteiger partial charge >= 0.3 is 0 Å². The fourth-order valence-corrected chi connectivity index (χ4v) is 0.930. The standard InChI is InChI=1S/C8H14N4O2/c1-6(13)4-10-8(14)5-12-3-2-7(9)11-12/h2-3,6,13H,4-5H2,1H3,(H2,9,11)(H,10,14)/t6-/m0/s1. The lowest BCUT2D eigenvalue weighted by molar-refractivity contribution is -0.122. The highest BCUT2D eigenvalue weighted by Crippen LogP contribution is 1.94. The zero-order valence-corrected chi connectivity index (χ0v) is 7.97. The Balaban J connectivity index is 2.34. The Labute approximate surface area is 81.7 Å². The number of nitrogens with zero attached hydrogens (tertiary/aromatic N) is 2. The molecular formula is C8H14N4O2. The highest BCUT2D eigenvalue weighted by atomic mass is 16.3. The van der Waals surface area contributed by atoms with Crippen molar-refractivity contribution in [2.24, 2.45) is 0 Å². The largest absolute Gasteiger partial charge is 0.392 e. The van der Waals surface area contributed by atoms with Crippen LogP contribution in [0.2, 0.25) is 0 Å². The van der Waals surface area contributed by atoms with E-state index in [1.165, 1.54) is 4.68 Å². The monoisotopic (exact) mass is 198 g/mol. The van der Waals surface area contributed by atoms with Crippen molar-refractivity contribution in [1.29, 1.82) is 0 Å².